The summed E-state index contributed by atoms with van der Waals surface area (Å²) in [6, 6.07) is 0. The highest BCUT2D eigenvalue weighted by atomic mass is 31.1. The van der Waals surface area contributed by atoms with Crippen molar-refractivity contribution in [2.45, 2.75) is 0 Å². The monoisotopic (exact) mass is 81.0 g/mol. The summed E-state index contributed by atoms with van der Waals surface area (Å²) in [4.78, 5) is 0. The summed E-state index contributed by atoms with van der Waals surface area (Å²) in [6.45, 7) is 0. The first-order valence-electron chi connectivity index (χ1n) is 0.441. The molecule has 4 heavy (non-hydrogen) atoms. The smallest absolute Gasteiger partial charge is 0.242 e. The Kier molecular flexibility index (Phi) is 26.6. The molecule has 4 N–H and O–H groups in total. The predicted octanol–water partition coefficient (Wildman–Crippen LogP) is -0.673. The average Bonchev–Trinajstić information content (AvgIpc) is 0.918. The van der Waals surface area contributed by atoms with Gasteiger partial charge < -0.3 is 5.48 Å². The molecule has 0 aromatic carbocycles. The van der Waals surface area contributed by atoms with Gasteiger partial charge in [-0.2, -0.15) is 0 Å². The molecule has 0 spiro atoms. The highest BCUT2D eigenvalue weighted by molar-refractivity contribution is 7.20. The van der Waals surface area contributed by atoms with Crippen molar-refractivity contribution >= 4 is 8.61 Å². The van der Waals surface area contributed by atoms with E-state index in [0.29, 0.717) is 0 Å². The molecule has 0 radical (unpaired) electrons. The molecule has 0 aromatic rings. The lowest BCUT2D eigenvalue weighted by Crippen LogP contribution is -1.51. The van der Waals surface area contributed by atoms with Gasteiger partial charge in [0.25, 0.3) is 0 Å². The maximum absolute atomic E-state index is 8.68. The van der Waals surface area contributed by atoms with E-state index >= 15 is 0 Å². The molecule has 0 unspecified atom stereocenters. The summed E-state index contributed by atoms with van der Waals surface area (Å²) in [5.41, 5.74) is 4.26. The van der Waals surface area contributed by atoms with Gasteiger partial charge in [0.1, 0.15) is 0 Å². The number of hydrogen-bond donors (Lipinski definition) is 1. The van der Waals surface area contributed by atoms with Crippen molar-refractivity contribution in [2.24, 2.45) is 5.50 Å². The Morgan fingerprint density at radius 3 is 1.75 bits per heavy atom. The topological polar surface area (TPSA) is 74.6 Å². The molecule has 0 aliphatic heterocycles. The SMILES string of the molecule is NP=O.O. The second-order valence-corrected chi connectivity index (χ2v) is 0.316. The van der Waals surface area contributed by atoms with Crippen molar-refractivity contribution in [3.63, 3.8) is 0 Å². The molecule has 0 heterocycles. The third-order valence-electron chi connectivity index (χ3n) is 0. The van der Waals surface area contributed by atoms with E-state index in [9.17, 15) is 0 Å². The number of nitrogens with two attached hydrogens (primary N) is 1. The molecular weight excluding hydrogens is 77.0 g/mol. The zero-order valence-electron chi connectivity index (χ0n) is 1.93. The minimum absolute atomic E-state index is 0. The molecule has 0 bridgehead atoms. The standard InChI is InChI=1S/H2NOP.H2O/c1-3-2;/h(H2,1,2);1H2. The van der Waals surface area contributed by atoms with Gasteiger partial charge in [-0.15, -0.1) is 0 Å². The minimum atomic E-state index is -0.333. The Balaban J connectivity index is 0. The third kappa shape index (κ3) is 5250. The predicted molar refractivity (Wildman–Crippen MR) is 15.4 cm³/mol. The molecule has 4 heteroatoms. The lowest BCUT2D eigenvalue weighted by molar-refractivity contribution is 0.599. The van der Waals surface area contributed by atoms with Crippen LogP contribution in [0.1, 0.15) is 0 Å². The van der Waals surface area contributed by atoms with E-state index in [2.05, 4.69) is 5.50 Å². The van der Waals surface area contributed by atoms with Crippen LogP contribution in [-0.2, 0) is 4.57 Å². The first-order chi connectivity index (χ1) is 1.41. The van der Waals surface area contributed by atoms with E-state index in [-0.39, 0.29) is 14.1 Å². The van der Waals surface area contributed by atoms with E-state index < -0.39 is 0 Å². The van der Waals surface area contributed by atoms with Crippen LogP contribution in [0.5, 0.6) is 0 Å². The van der Waals surface area contributed by atoms with Crippen LogP contribution in [0.15, 0.2) is 0 Å². The Morgan fingerprint density at radius 2 is 1.75 bits per heavy atom. The van der Waals surface area contributed by atoms with Crippen molar-refractivity contribution in [1.29, 1.82) is 0 Å². The molecule has 0 aliphatic carbocycles. The first kappa shape index (κ1) is 8.99. The van der Waals surface area contributed by atoms with Crippen LogP contribution in [0.2, 0.25) is 0 Å². The van der Waals surface area contributed by atoms with Crippen LogP contribution >= 0.6 is 8.61 Å². The zero-order valence-corrected chi connectivity index (χ0v) is 2.83. The van der Waals surface area contributed by atoms with Gasteiger partial charge in [-0.05, 0) is 0 Å². The largest absolute Gasteiger partial charge is 0.412 e. The highest BCUT2D eigenvalue weighted by Gasteiger charge is 1.25. The van der Waals surface area contributed by atoms with Crippen molar-refractivity contribution in [3.05, 3.63) is 0 Å². The van der Waals surface area contributed by atoms with E-state index in [1.807, 2.05) is 0 Å². The van der Waals surface area contributed by atoms with Crippen LogP contribution in [-0.4, -0.2) is 5.48 Å². The number of hydrogen-bond acceptors (Lipinski definition) is 1. The molecule has 26 valence electrons. The van der Waals surface area contributed by atoms with Crippen molar-refractivity contribution in [1.82, 2.24) is 0 Å². The van der Waals surface area contributed by atoms with Crippen molar-refractivity contribution < 1.29 is 10.0 Å². The maximum Gasteiger partial charge on any atom is 0.242 e. The van der Waals surface area contributed by atoms with Crippen molar-refractivity contribution in [3.8, 4) is 0 Å². The van der Waals surface area contributed by atoms with E-state index in [1.54, 1.807) is 0 Å². The summed E-state index contributed by atoms with van der Waals surface area (Å²) in [5, 5.41) is 0. The summed E-state index contributed by atoms with van der Waals surface area (Å²) in [5.74, 6) is 0. The lowest BCUT2D eigenvalue weighted by atomic mass is 13.9. The Morgan fingerprint density at radius 1 is 1.75 bits per heavy atom. The summed E-state index contributed by atoms with van der Waals surface area (Å²) in [6.07, 6.45) is 0. The summed E-state index contributed by atoms with van der Waals surface area (Å²) >= 11 is 0. The van der Waals surface area contributed by atoms with Crippen LogP contribution in [0.4, 0.5) is 0 Å². The van der Waals surface area contributed by atoms with Gasteiger partial charge in [0.05, 0.1) is 0 Å². The highest BCUT2D eigenvalue weighted by Crippen LogP contribution is 1.55. The quantitative estimate of drug-likeness (QED) is 0.392. The van der Waals surface area contributed by atoms with Gasteiger partial charge in [0, 0.05) is 0 Å². The van der Waals surface area contributed by atoms with Gasteiger partial charge >= 0.3 is 0 Å². The fourth-order valence-corrected chi connectivity index (χ4v) is 0. The zero-order chi connectivity index (χ0) is 2.71. The van der Waals surface area contributed by atoms with Crippen LogP contribution in [0.25, 0.3) is 0 Å². The molecule has 0 rings (SSSR count). The van der Waals surface area contributed by atoms with Crippen molar-refractivity contribution in [2.75, 3.05) is 0 Å². The first-order valence-corrected chi connectivity index (χ1v) is 1.32. The van der Waals surface area contributed by atoms with E-state index in [1.165, 1.54) is 0 Å². The molecule has 0 fully saturated rings. The van der Waals surface area contributed by atoms with Crippen LogP contribution in [0.3, 0.4) is 0 Å². The molecule has 0 atom stereocenters. The van der Waals surface area contributed by atoms with Crippen LogP contribution in [0, 0.1) is 0 Å². The lowest BCUT2D eigenvalue weighted by Gasteiger charge is -1.25. The Hall–Kier alpha value is 0.0200. The van der Waals surface area contributed by atoms with E-state index in [0.717, 1.165) is 0 Å². The van der Waals surface area contributed by atoms with E-state index in [4.69, 9.17) is 4.57 Å². The van der Waals surface area contributed by atoms with Gasteiger partial charge in [0.15, 0.2) is 0 Å². The molecule has 0 saturated carbocycles. The van der Waals surface area contributed by atoms with Gasteiger partial charge in [0.2, 0.25) is 8.61 Å². The molecule has 0 aliphatic rings. The third-order valence-corrected chi connectivity index (χ3v) is 0. The Bertz CT molecular complexity index is 13.5. The summed E-state index contributed by atoms with van der Waals surface area (Å²) < 4.78 is 8.68. The Labute approximate surface area is 25.4 Å². The maximum atomic E-state index is 8.68. The second kappa shape index (κ2) is 11.8. The normalized spacial score (nSPS) is 5.25. The fraction of sp³-hybridized carbons (Fsp3) is 0. The van der Waals surface area contributed by atoms with Gasteiger partial charge in [-0.25, -0.2) is 0 Å². The van der Waals surface area contributed by atoms with Crippen LogP contribution < -0.4 is 5.50 Å². The second-order valence-electron chi connectivity index (χ2n) is 0.105. The molecule has 0 saturated heterocycles. The molecule has 3 nitrogen and oxygen atoms in total. The molecule has 0 amide bonds. The minimum Gasteiger partial charge on any atom is -0.412 e. The number of rotatable bonds is 0. The fourth-order valence-electron chi connectivity index (χ4n) is 0. The summed E-state index contributed by atoms with van der Waals surface area (Å²) in [7, 11) is -0.333. The average molecular weight is 81.0 g/mol. The molecule has 0 aromatic heterocycles. The molecular formula is H4NO2P. The van der Waals surface area contributed by atoms with Gasteiger partial charge in [-0.1, -0.05) is 0 Å². The van der Waals surface area contributed by atoms with Gasteiger partial charge in [-0.3, -0.25) is 10.1 Å².